The van der Waals surface area contributed by atoms with Crippen LogP contribution >= 0.6 is 11.6 Å². The molecule has 0 aliphatic heterocycles. The first-order valence-electron chi connectivity index (χ1n) is 5.89. The lowest BCUT2D eigenvalue weighted by atomic mass is 9.98. The molecule has 2 rings (SSSR count). The van der Waals surface area contributed by atoms with E-state index in [2.05, 4.69) is 10.2 Å². The van der Waals surface area contributed by atoms with Crippen LogP contribution in [-0.2, 0) is 16.6 Å². The number of aryl methyl sites for hydroxylation is 1. The third-order valence-corrected chi connectivity index (χ3v) is 2.98. The van der Waals surface area contributed by atoms with Crippen LogP contribution in [0.15, 0.2) is 30.6 Å². The van der Waals surface area contributed by atoms with Crippen molar-refractivity contribution in [3.8, 4) is 0 Å². The second-order valence-corrected chi connectivity index (χ2v) is 4.47. The summed E-state index contributed by atoms with van der Waals surface area (Å²) in [6.07, 6.45) is 1.55. The van der Waals surface area contributed by atoms with E-state index in [4.69, 9.17) is 16.3 Å². The quantitative estimate of drug-likeness (QED) is 0.805. The Bertz CT molecular complexity index is 566. The van der Waals surface area contributed by atoms with Crippen molar-refractivity contribution in [2.75, 3.05) is 6.61 Å². The predicted octanol–water partition coefficient (Wildman–Crippen LogP) is 2.16. The minimum Gasteiger partial charge on any atom is -0.465 e. The fraction of sp³-hybridized carbons (Fsp3) is 0.308. The van der Waals surface area contributed by atoms with Crippen molar-refractivity contribution < 1.29 is 9.53 Å². The number of benzene rings is 1. The number of hydrogen-bond acceptors (Lipinski definition) is 4. The molecule has 2 aromatic rings. The molecule has 1 atom stereocenters. The molecule has 0 spiro atoms. The summed E-state index contributed by atoms with van der Waals surface area (Å²) in [5, 5.41) is 8.42. The first-order valence-corrected chi connectivity index (χ1v) is 6.27. The molecule has 0 aliphatic rings. The molecule has 1 aromatic carbocycles. The summed E-state index contributed by atoms with van der Waals surface area (Å²) in [6.45, 7) is 2.09. The molecule has 6 heteroatoms. The number of hydrogen-bond donors (Lipinski definition) is 0. The number of halogens is 1. The monoisotopic (exact) mass is 279 g/mol. The van der Waals surface area contributed by atoms with Gasteiger partial charge >= 0.3 is 5.97 Å². The van der Waals surface area contributed by atoms with Crippen molar-refractivity contribution in [2.24, 2.45) is 7.05 Å². The van der Waals surface area contributed by atoms with Gasteiger partial charge in [0, 0.05) is 12.1 Å². The van der Waals surface area contributed by atoms with Gasteiger partial charge in [0.2, 0.25) is 0 Å². The second kappa shape index (κ2) is 5.84. The van der Waals surface area contributed by atoms with Gasteiger partial charge < -0.3 is 9.30 Å². The fourth-order valence-corrected chi connectivity index (χ4v) is 1.95. The Hall–Kier alpha value is -1.88. The van der Waals surface area contributed by atoms with Crippen LogP contribution in [0.3, 0.4) is 0 Å². The van der Waals surface area contributed by atoms with E-state index < -0.39 is 5.92 Å². The number of rotatable bonds is 4. The number of ether oxygens (including phenoxy) is 1. The Morgan fingerprint density at radius 3 is 2.63 bits per heavy atom. The van der Waals surface area contributed by atoms with E-state index in [0.29, 0.717) is 17.5 Å². The van der Waals surface area contributed by atoms with Crippen LogP contribution in [0.2, 0.25) is 5.02 Å². The van der Waals surface area contributed by atoms with Gasteiger partial charge in [-0.15, -0.1) is 10.2 Å². The molecular formula is C13H14ClN3O2. The zero-order valence-electron chi connectivity index (χ0n) is 10.7. The van der Waals surface area contributed by atoms with E-state index >= 15 is 0 Å². The molecule has 0 aliphatic carbocycles. The molecule has 0 amide bonds. The molecule has 0 N–H and O–H groups in total. The van der Waals surface area contributed by atoms with E-state index in [0.717, 1.165) is 5.56 Å². The minimum absolute atomic E-state index is 0.320. The molecule has 0 radical (unpaired) electrons. The van der Waals surface area contributed by atoms with Crippen molar-refractivity contribution in [3.05, 3.63) is 47.0 Å². The lowest BCUT2D eigenvalue weighted by molar-refractivity contribution is -0.144. The van der Waals surface area contributed by atoms with Crippen molar-refractivity contribution in [3.63, 3.8) is 0 Å². The molecule has 1 aromatic heterocycles. The van der Waals surface area contributed by atoms with Crippen LogP contribution in [0.4, 0.5) is 0 Å². The highest BCUT2D eigenvalue weighted by atomic mass is 35.5. The minimum atomic E-state index is -0.593. The van der Waals surface area contributed by atoms with E-state index in [-0.39, 0.29) is 5.97 Å². The van der Waals surface area contributed by atoms with Crippen LogP contribution in [0.5, 0.6) is 0 Å². The zero-order chi connectivity index (χ0) is 13.8. The Morgan fingerprint density at radius 1 is 1.42 bits per heavy atom. The summed E-state index contributed by atoms with van der Waals surface area (Å²) in [6, 6.07) is 7.05. The van der Waals surface area contributed by atoms with E-state index in [1.807, 2.05) is 0 Å². The van der Waals surface area contributed by atoms with Gasteiger partial charge in [-0.2, -0.15) is 0 Å². The van der Waals surface area contributed by atoms with E-state index in [1.165, 1.54) is 0 Å². The van der Waals surface area contributed by atoms with Crippen molar-refractivity contribution >= 4 is 17.6 Å². The molecular weight excluding hydrogens is 266 g/mol. The number of esters is 1. The van der Waals surface area contributed by atoms with Crippen LogP contribution in [0.1, 0.15) is 24.2 Å². The molecule has 1 heterocycles. The summed E-state index contributed by atoms with van der Waals surface area (Å²) >= 11 is 5.86. The third kappa shape index (κ3) is 2.93. The highest BCUT2D eigenvalue weighted by Gasteiger charge is 2.28. The zero-order valence-corrected chi connectivity index (χ0v) is 11.5. The van der Waals surface area contributed by atoms with Gasteiger partial charge in [0.05, 0.1) is 6.61 Å². The predicted molar refractivity (Wildman–Crippen MR) is 70.9 cm³/mol. The number of carbonyl (C=O) groups excluding carboxylic acids is 1. The van der Waals surface area contributed by atoms with Crippen molar-refractivity contribution in [1.29, 1.82) is 0 Å². The standard InChI is InChI=1S/C13H14ClN3O2/c1-3-19-13(18)11(12-16-15-8-17(12)2)9-4-6-10(14)7-5-9/h4-8,11H,3H2,1-2H3. The Balaban J connectivity index is 2.43. The number of aromatic nitrogens is 3. The Morgan fingerprint density at radius 2 is 2.11 bits per heavy atom. The first kappa shape index (κ1) is 13.5. The largest absolute Gasteiger partial charge is 0.465 e. The maximum Gasteiger partial charge on any atom is 0.321 e. The summed E-state index contributed by atoms with van der Waals surface area (Å²) in [4.78, 5) is 12.1. The molecule has 0 saturated heterocycles. The van der Waals surface area contributed by atoms with Crippen LogP contribution < -0.4 is 0 Å². The molecule has 100 valence electrons. The highest BCUT2D eigenvalue weighted by molar-refractivity contribution is 6.30. The lowest BCUT2D eigenvalue weighted by Crippen LogP contribution is -2.20. The van der Waals surface area contributed by atoms with Gasteiger partial charge in [0.25, 0.3) is 0 Å². The Labute approximate surface area is 116 Å². The van der Waals surface area contributed by atoms with Gasteiger partial charge in [0.1, 0.15) is 12.2 Å². The molecule has 0 bridgehead atoms. The maximum atomic E-state index is 12.1. The van der Waals surface area contributed by atoms with E-state index in [1.54, 1.807) is 49.1 Å². The molecule has 0 saturated carbocycles. The second-order valence-electron chi connectivity index (χ2n) is 4.04. The number of carbonyl (C=O) groups is 1. The van der Waals surface area contributed by atoms with Gasteiger partial charge in [-0.25, -0.2) is 0 Å². The summed E-state index contributed by atoms with van der Waals surface area (Å²) < 4.78 is 6.82. The highest BCUT2D eigenvalue weighted by Crippen LogP contribution is 2.25. The van der Waals surface area contributed by atoms with Crippen LogP contribution in [-0.4, -0.2) is 27.3 Å². The number of nitrogens with zero attached hydrogens (tertiary/aromatic N) is 3. The summed E-state index contributed by atoms with van der Waals surface area (Å²) in [5.41, 5.74) is 0.777. The van der Waals surface area contributed by atoms with Gasteiger partial charge in [-0.3, -0.25) is 4.79 Å². The molecule has 19 heavy (non-hydrogen) atoms. The first-order chi connectivity index (χ1) is 9.13. The van der Waals surface area contributed by atoms with Crippen LogP contribution in [0, 0.1) is 0 Å². The fourth-order valence-electron chi connectivity index (χ4n) is 1.82. The average molecular weight is 280 g/mol. The normalized spacial score (nSPS) is 12.2. The lowest BCUT2D eigenvalue weighted by Gasteiger charge is -2.15. The smallest absolute Gasteiger partial charge is 0.321 e. The third-order valence-electron chi connectivity index (χ3n) is 2.73. The van der Waals surface area contributed by atoms with Crippen molar-refractivity contribution in [1.82, 2.24) is 14.8 Å². The van der Waals surface area contributed by atoms with Crippen molar-refractivity contribution in [2.45, 2.75) is 12.8 Å². The Kier molecular flexibility index (Phi) is 4.16. The SMILES string of the molecule is CCOC(=O)C(c1ccc(Cl)cc1)c1nncn1C. The molecule has 5 nitrogen and oxygen atoms in total. The van der Waals surface area contributed by atoms with E-state index in [9.17, 15) is 4.79 Å². The summed E-state index contributed by atoms with van der Waals surface area (Å²) in [5.74, 6) is -0.397. The average Bonchev–Trinajstić information content (AvgIpc) is 2.79. The maximum absolute atomic E-state index is 12.1. The van der Waals surface area contributed by atoms with Gasteiger partial charge in [0.15, 0.2) is 5.82 Å². The topological polar surface area (TPSA) is 57.0 Å². The van der Waals surface area contributed by atoms with Gasteiger partial charge in [-0.1, -0.05) is 23.7 Å². The van der Waals surface area contributed by atoms with Crippen LogP contribution in [0.25, 0.3) is 0 Å². The molecule has 0 fully saturated rings. The summed E-state index contributed by atoms with van der Waals surface area (Å²) in [7, 11) is 1.79. The molecule has 1 unspecified atom stereocenters. The van der Waals surface area contributed by atoms with Gasteiger partial charge in [-0.05, 0) is 24.6 Å².